The number of benzene rings is 2. The average molecular weight is 419 g/mol. The summed E-state index contributed by atoms with van der Waals surface area (Å²) in [5.74, 6) is 0.820. The Morgan fingerprint density at radius 3 is 2.34 bits per heavy atom. The van der Waals surface area contributed by atoms with Gasteiger partial charge in [-0.25, -0.2) is 8.42 Å². The van der Waals surface area contributed by atoms with Crippen molar-refractivity contribution in [3.8, 4) is 11.5 Å². The number of hydrogen-bond donors (Lipinski definition) is 1. The summed E-state index contributed by atoms with van der Waals surface area (Å²) in [6.45, 7) is 5.52. The molecule has 0 fully saturated rings. The van der Waals surface area contributed by atoms with Gasteiger partial charge in [-0.15, -0.1) is 0 Å². The maximum Gasteiger partial charge on any atom is 0.248 e. The Morgan fingerprint density at radius 2 is 1.72 bits per heavy atom. The van der Waals surface area contributed by atoms with Crippen LogP contribution >= 0.6 is 0 Å². The molecule has 1 aliphatic rings. The maximum atomic E-state index is 13.4. The molecule has 8 heteroatoms. The zero-order valence-electron chi connectivity index (χ0n) is 16.6. The van der Waals surface area contributed by atoms with Crippen molar-refractivity contribution in [2.24, 2.45) is 11.7 Å². The lowest BCUT2D eigenvalue weighted by atomic mass is 10.1. The molecule has 2 aromatic rings. The lowest BCUT2D eigenvalue weighted by molar-refractivity contribution is 0.1000. The van der Waals surface area contributed by atoms with Crippen molar-refractivity contribution >= 4 is 15.9 Å². The summed E-state index contributed by atoms with van der Waals surface area (Å²) in [6, 6.07) is 11.3. The van der Waals surface area contributed by atoms with Crippen LogP contribution in [0.25, 0.3) is 0 Å². The van der Waals surface area contributed by atoms with Crippen LogP contribution in [0.2, 0.25) is 0 Å². The second-order valence-corrected chi connectivity index (χ2v) is 9.33. The number of nitrogens with zero attached hydrogens (tertiary/aromatic N) is 1. The van der Waals surface area contributed by atoms with Gasteiger partial charge in [0.1, 0.15) is 13.2 Å². The van der Waals surface area contributed by atoms with E-state index in [2.05, 4.69) is 13.8 Å². The van der Waals surface area contributed by atoms with Gasteiger partial charge in [-0.3, -0.25) is 4.79 Å². The molecular weight excluding hydrogens is 392 g/mol. The average Bonchev–Trinajstić information content (AvgIpc) is 2.70. The number of carbonyl (C=O) groups is 1. The fourth-order valence-electron chi connectivity index (χ4n) is 3.00. The lowest BCUT2D eigenvalue weighted by Crippen LogP contribution is -2.32. The van der Waals surface area contributed by atoms with Crippen molar-refractivity contribution in [2.45, 2.75) is 31.7 Å². The summed E-state index contributed by atoms with van der Waals surface area (Å²) in [5, 5.41) is 0. The molecule has 0 spiro atoms. The quantitative estimate of drug-likeness (QED) is 0.711. The Morgan fingerprint density at radius 1 is 1.07 bits per heavy atom. The van der Waals surface area contributed by atoms with E-state index >= 15 is 0 Å². The largest absolute Gasteiger partial charge is 0.486 e. The Hall–Kier alpha value is -2.58. The van der Waals surface area contributed by atoms with Gasteiger partial charge in [0.2, 0.25) is 15.9 Å². The standard InChI is InChI=1S/C21H26N2O5S/c1-15(2)9-10-23(14-16-3-5-17(6-4-16)21(22)24)29(25,26)18-7-8-19-20(13-18)28-12-11-27-19/h3-8,13,15H,9-12,14H2,1-2H3,(H2,22,24). The number of amides is 1. The minimum Gasteiger partial charge on any atom is -0.486 e. The highest BCUT2D eigenvalue weighted by molar-refractivity contribution is 7.89. The van der Waals surface area contributed by atoms with Gasteiger partial charge in [0.05, 0.1) is 4.90 Å². The van der Waals surface area contributed by atoms with E-state index in [1.165, 1.54) is 10.4 Å². The van der Waals surface area contributed by atoms with Gasteiger partial charge >= 0.3 is 0 Å². The van der Waals surface area contributed by atoms with Crippen LogP contribution in [-0.2, 0) is 16.6 Å². The van der Waals surface area contributed by atoms with Crippen molar-refractivity contribution in [3.63, 3.8) is 0 Å². The van der Waals surface area contributed by atoms with Crippen LogP contribution in [0, 0.1) is 5.92 Å². The first-order valence-electron chi connectivity index (χ1n) is 9.56. The van der Waals surface area contributed by atoms with Crippen LogP contribution < -0.4 is 15.2 Å². The Bertz CT molecular complexity index is 971. The summed E-state index contributed by atoms with van der Waals surface area (Å²) in [4.78, 5) is 11.4. The Kier molecular flexibility index (Phi) is 6.44. The normalized spacial score (nSPS) is 13.7. The number of ether oxygens (including phenoxy) is 2. The third kappa shape index (κ3) is 5.07. The first-order chi connectivity index (χ1) is 13.8. The van der Waals surface area contributed by atoms with E-state index in [-0.39, 0.29) is 11.4 Å². The fourth-order valence-corrected chi connectivity index (χ4v) is 4.46. The van der Waals surface area contributed by atoms with Crippen LogP contribution in [0.1, 0.15) is 36.2 Å². The van der Waals surface area contributed by atoms with Gasteiger partial charge in [-0.1, -0.05) is 26.0 Å². The summed E-state index contributed by atoms with van der Waals surface area (Å²) in [5.41, 5.74) is 6.44. The van der Waals surface area contributed by atoms with E-state index in [0.717, 1.165) is 12.0 Å². The molecule has 2 aromatic carbocycles. The van der Waals surface area contributed by atoms with Gasteiger partial charge in [0.15, 0.2) is 11.5 Å². The van der Waals surface area contributed by atoms with Crippen LogP contribution in [0.5, 0.6) is 11.5 Å². The predicted molar refractivity (Wildman–Crippen MR) is 109 cm³/mol. The molecule has 156 valence electrons. The van der Waals surface area contributed by atoms with E-state index in [9.17, 15) is 13.2 Å². The highest BCUT2D eigenvalue weighted by atomic mass is 32.2. The molecule has 7 nitrogen and oxygen atoms in total. The molecule has 2 N–H and O–H groups in total. The van der Waals surface area contributed by atoms with Gasteiger partial charge < -0.3 is 15.2 Å². The second-order valence-electron chi connectivity index (χ2n) is 7.39. The van der Waals surface area contributed by atoms with Crippen molar-refractivity contribution in [3.05, 3.63) is 53.6 Å². The highest BCUT2D eigenvalue weighted by Gasteiger charge is 2.27. The van der Waals surface area contributed by atoms with Crippen molar-refractivity contribution in [1.29, 1.82) is 0 Å². The molecule has 29 heavy (non-hydrogen) atoms. The summed E-state index contributed by atoms with van der Waals surface area (Å²) in [7, 11) is -3.75. The molecule has 3 rings (SSSR count). The van der Waals surface area contributed by atoms with E-state index in [4.69, 9.17) is 15.2 Å². The van der Waals surface area contributed by atoms with Crippen molar-refractivity contribution in [1.82, 2.24) is 4.31 Å². The van der Waals surface area contributed by atoms with Crippen LogP contribution in [0.3, 0.4) is 0 Å². The number of hydrogen-bond acceptors (Lipinski definition) is 5. The SMILES string of the molecule is CC(C)CCN(Cc1ccc(C(N)=O)cc1)S(=O)(=O)c1ccc2c(c1)OCCO2. The minimum absolute atomic E-state index is 0.166. The fraction of sp³-hybridized carbons (Fsp3) is 0.381. The Balaban J connectivity index is 1.89. The van der Waals surface area contributed by atoms with Crippen LogP contribution in [-0.4, -0.2) is 38.4 Å². The minimum atomic E-state index is -3.75. The maximum absolute atomic E-state index is 13.4. The molecule has 1 heterocycles. The highest BCUT2D eigenvalue weighted by Crippen LogP contribution is 2.33. The lowest BCUT2D eigenvalue weighted by Gasteiger charge is -2.25. The third-order valence-corrected chi connectivity index (χ3v) is 6.55. The van der Waals surface area contributed by atoms with Gasteiger partial charge in [-0.2, -0.15) is 4.31 Å². The topological polar surface area (TPSA) is 98.9 Å². The smallest absolute Gasteiger partial charge is 0.248 e. The monoisotopic (exact) mass is 418 g/mol. The van der Waals surface area contributed by atoms with Crippen LogP contribution in [0.4, 0.5) is 0 Å². The number of carbonyl (C=O) groups excluding carboxylic acids is 1. The second kappa shape index (κ2) is 8.84. The molecular formula is C21H26N2O5S. The molecule has 0 aromatic heterocycles. The molecule has 0 atom stereocenters. The number of primary amides is 1. The number of nitrogens with two attached hydrogens (primary N) is 1. The zero-order valence-corrected chi connectivity index (χ0v) is 17.4. The van der Waals surface area contributed by atoms with E-state index in [0.29, 0.717) is 42.7 Å². The first kappa shape index (κ1) is 21.1. The van der Waals surface area contributed by atoms with E-state index in [1.807, 2.05) is 0 Å². The molecule has 0 radical (unpaired) electrons. The van der Waals surface area contributed by atoms with Crippen LogP contribution in [0.15, 0.2) is 47.4 Å². The van der Waals surface area contributed by atoms with Gasteiger partial charge in [0, 0.05) is 24.7 Å². The molecule has 0 saturated carbocycles. The summed E-state index contributed by atoms with van der Waals surface area (Å²) in [6.07, 6.45) is 0.725. The molecule has 1 amide bonds. The van der Waals surface area contributed by atoms with E-state index in [1.54, 1.807) is 36.4 Å². The molecule has 0 bridgehead atoms. The summed E-state index contributed by atoms with van der Waals surface area (Å²) >= 11 is 0. The number of rotatable bonds is 8. The molecule has 0 unspecified atom stereocenters. The third-order valence-electron chi connectivity index (χ3n) is 4.70. The number of fused-ring (bicyclic) bond motifs is 1. The zero-order chi connectivity index (χ0) is 21.0. The number of sulfonamides is 1. The van der Waals surface area contributed by atoms with Crippen molar-refractivity contribution < 1.29 is 22.7 Å². The van der Waals surface area contributed by atoms with E-state index < -0.39 is 15.9 Å². The molecule has 0 saturated heterocycles. The Labute approximate surface area is 171 Å². The van der Waals surface area contributed by atoms with Gasteiger partial charge in [-0.05, 0) is 42.2 Å². The summed E-state index contributed by atoms with van der Waals surface area (Å²) < 4.78 is 39.2. The first-order valence-corrected chi connectivity index (χ1v) is 11.0. The molecule has 0 aliphatic carbocycles. The van der Waals surface area contributed by atoms with Crippen molar-refractivity contribution in [2.75, 3.05) is 19.8 Å². The van der Waals surface area contributed by atoms with Gasteiger partial charge in [0.25, 0.3) is 0 Å². The molecule has 1 aliphatic heterocycles. The predicted octanol–water partition coefficient (Wildman–Crippen LogP) is 2.79.